The summed E-state index contributed by atoms with van der Waals surface area (Å²) in [6.45, 7) is 2.25. The van der Waals surface area contributed by atoms with Gasteiger partial charge in [0.15, 0.2) is 0 Å². The standard InChI is InChI=1S/C14H21BrN2O/c1-18-14-5-4-11(8-12(14)15)13(16)7-10-3-2-6-17-9-10/h4-5,8,10,13,17H,2-3,6-7,9,16H2,1H3. The number of rotatable bonds is 4. The Morgan fingerprint density at radius 2 is 2.39 bits per heavy atom. The molecule has 1 heterocycles. The van der Waals surface area contributed by atoms with Gasteiger partial charge in [0.25, 0.3) is 0 Å². The van der Waals surface area contributed by atoms with Crippen LogP contribution in [-0.2, 0) is 0 Å². The van der Waals surface area contributed by atoms with E-state index >= 15 is 0 Å². The molecule has 3 nitrogen and oxygen atoms in total. The molecule has 4 heteroatoms. The molecule has 1 aliphatic heterocycles. The average molecular weight is 313 g/mol. The first-order valence-electron chi connectivity index (χ1n) is 6.50. The number of ether oxygens (including phenoxy) is 1. The minimum atomic E-state index is 0.108. The zero-order valence-corrected chi connectivity index (χ0v) is 12.4. The topological polar surface area (TPSA) is 47.3 Å². The predicted molar refractivity (Wildman–Crippen MR) is 77.8 cm³/mol. The van der Waals surface area contributed by atoms with Gasteiger partial charge < -0.3 is 15.8 Å². The normalized spacial score (nSPS) is 21.6. The second-order valence-corrected chi connectivity index (χ2v) is 5.80. The van der Waals surface area contributed by atoms with Crippen LogP contribution in [0.4, 0.5) is 0 Å². The van der Waals surface area contributed by atoms with E-state index in [1.165, 1.54) is 18.4 Å². The first-order valence-corrected chi connectivity index (χ1v) is 7.29. The van der Waals surface area contributed by atoms with Gasteiger partial charge in [-0.05, 0) is 71.9 Å². The Hall–Kier alpha value is -0.580. The molecule has 0 aliphatic carbocycles. The molecule has 0 saturated carbocycles. The summed E-state index contributed by atoms with van der Waals surface area (Å²) >= 11 is 3.51. The summed E-state index contributed by atoms with van der Waals surface area (Å²) in [5.41, 5.74) is 7.47. The molecule has 0 aromatic heterocycles. The molecule has 2 rings (SSSR count). The van der Waals surface area contributed by atoms with Crippen LogP contribution in [-0.4, -0.2) is 20.2 Å². The molecule has 1 saturated heterocycles. The van der Waals surface area contributed by atoms with Crippen LogP contribution in [0.25, 0.3) is 0 Å². The number of nitrogens with one attached hydrogen (secondary N) is 1. The molecule has 0 radical (unpaired) electrons. The second-order valence-electron chi connectivity index (χ2n) is 4.95. The number of benzene rings is 1. The Bertz CT molecular complexity index is 391. The smallest absolute Gasteiger partial charge is 0.133 e. The fourth-order valence-electron chi connectivity index (χ4n) is 2.53. The molecule has 0 spiro atoms. The van der Waals surface area contributed by atoms with E-state index < -0.39 is 0 Å². The maximum atomic E-state index is 6.30. The minimum Gasteiger partial charge on any atom is -0.496 e. The summed E-state index contributed by atoms with van der Waals surface area (Å²) in [6.07, 6.45) is 3.60. The van der Waals surface area contributed by atoms with Crippen molar-refractivity contribution in [2.24, 2.45) is 11.7 Å². The number of hydrogen-bond acceptors (Lipinski definition) is 3. The third-order valence-corrected chi connectivity index (χ3v) is 4.21. The van der Waals surface area contributed by atoms with Gasteiger partial charge in [-0.15, -0.1) is 0 Å². The third-order valence-electron chi connectivity index (χ3n) is 3.59. The van der Waals surface area contributed by atoms with Crippen molar-refractivity contribution >= 4 is 15.9 Å². The van der Waals surface area contributed by atoms with Crippen molar-refractivity contribution in [3.8, 4) is 5.75 Å². The zero-order chi connectivity index (χ0) is 13.0. The first-order chi connectivity index (χ1) is 8.70. The SMILES string of the molecule is COc1ccc(C(N)CC2CCCNC2)cc1Br. The van der Waals surface area contributed by atoms with Gasteiger partial charge in [0.05, 0.1) is 11.6 Å². The zero-order valence-electron chi connectivity index (χ0n) is 10.8. The lowest BCUT2D eigenvalue weighted by atomic mass is 9.90. The van der Waals surface area contributed by atoms with Gasteiger partial charge >= 0.3 is 0 Å². The van der Waals surface area contributed by atoms with Crippen LogP contribution >= 0.6 is 15.9 Å². The van der Waals surface area contributed by atoms with Gasteiger partial charge in [0.1, 0.15) is 5.75 Å². The van der Waals surface area contributed by atoms with Crippen molar-refractivity contribution in [1.82, 2.24) is 5.32 Å². The van der Waals surface area contributed by atoms with Gasteiger partial charge in [-0.3, -0.25) is 0 Å². The molecular weight excluding hydrogens is 292 g/mol. The Kier molecular flexibility index (Phi) is 5.03. The Morgan fingerprint density at radius 1 is 1.56 bits per heavy atom. The molecule has 0 bridgehead atoms. The fourth-order valence-corrected chi connectivity index (χ4v) is 3.09. The van der Waals surface area contributed by atoms with Crippen LogP contribution in [0.15, 0.2) is 22.7 Å². The number of hydrogen-bond donors (Lipinski definition) is 2. The Morgan fingerprint density at radius 3 is 3.00 bits per heavy atom. The molecule has 1 aliphatic rings. The molecule has 1 aromatic carbocycles. The molecular formula is C14H21BrN2O. The molecule has 3 N–H and O–H groups in total. The second kappa shape index (κ2) is 6.55. The number of halogens is 1. The maximum Gasteiger partial charge on any atom is 0.133 e. The number of methoxy groups -OCH3 is 1. The van der Waals surface area contributed by atoms with Gasteiger partial charge in [0.2, 0.25) is 0 Å². The Balaban J connectivity index is 1.99. The van der Waals surface area contributed by atoms with Crippen molar-refractivity contribution in [2.75, 3.05) is 20.2 Å². The van der Waals surface area contributed by atoms with E-state index in [1.807, 2.05) is 6.07 Å². The van der Waals surface area contributed by atoms with Crippen LogP contribution < -0.4 is 15.8 Å². The number of piperidine rings is 1. The van der Waals surface area contributed by atoms with E-state index in [1.54, 1.807) is 7.11 Å². The highest BCUT2D eigenvalue weighted by Crippen LogP contribution is 2.30. The highest BCUT2D eigenvalue weighted by atomic mass is 79.9. The summed E-state index contributed by atoms with van der Waals surface area (Å²) in [4.78, 5) is 0. The van der Waals surface area contributed by atoms with Gasteiger partial charge in [0, 0.05) is 6.04 Å². The van der Waals surface area contributed by atoms with E-state index in [9.17, 15) is 0 Å². The van der Waals surface area contributed by atoms with Crippen LogP contribution in [0, 0.1) is 5.92 Å². The van der Waals surface area contributed by atoms with E-state index in [-0.39, 0.29) is 6.04 Å². The van der Waals surface area contributed by atoms with Gasteiger partial charge in [-0.2, -0.15) is 0 Å². The lowest BCUT2D eigenvalue weighted by Gasteiger charge is -2.25. The molecule has 2 atom stereocenters. The minimum absolute atomic E-state index is 0.108. The lowest BCUT2D eigenvalue weighted by molar-refractivity contribution is 0.336. The van der Waals surface area contributed by atoms with Crippen LogP contribution in [0.1, 0.15) is 30.9 Å². The average Bonchev–Trinajstić information content (AvgIpc) is 2.39. The Labute approximate surface area is 117 Å². The molecule has 0 amide bonds. The highest BCUT2D eigenvalue weighted by Gasteiger charge is 2.18. The predicted octanol–water partition coefficient (Wildman–Crippen LogP) is 2.85. The molecule has 2 unspecified atom stereocenters. The molecule has 100 valence electrons. The largest absolute Gasteiger partial charge is 0.496 e. The summed E-state index contributed by atoms with van der Waals surface area (Å²) in [6, 6.07) is 6.21. The highest BCUT2D eigenvalue weighted by molar-refractivity contribution is 9.10. The van der Waals surface area contributed by atoms with E-state index in [0.29, 0.717) is 5.92 Å². The van der Waals surface area contributed by atoms with Crippen LogP contribution in [0.2, 0.25) is 0 Å². The lowest BCUT2D eigenvalue weighted by Crippen LogP contribution is -2.31. The van der Waals surface area contributed by atoms with Crippen molar-refractivity contribution < 1.29 is 4.74 Å². The van der Waals surface area contributed by atoms with Crippen molar-refractivity contribution in [3.63, 3.8) is 0 Å². The summed E-state index contributed by atoms with van der Waals surface area (Å²) in [5, 5.41) is 3.44. The van der Waals surface area contributed by atoms with Crippen LogP contribution in [0.3, 0.4) is 0 Å². The van der Waals surface area contributed by atoms with Crippen molar-refractivity contribution in [3.05, 3.63) is 28.2 Å². The summed E-state index contributed by atoms with van der Waals surface area (Å²) in [5.74, 6) is 1.56. The third kappa shape index (κ3) is 3.46. The first kappa shape index (κ1) is 13.8. The quantitative estimate of drug-likeness (QED) is 0.898. The van der Waals surface area contributed by atoms with E-state index in [0.717, 1.165) is 29.7 Å². The molecule has 1 fully saturated rings. The van der Waals surface area contributed by atoms with E-state index in [2.05, 4.69) is 33.4 Å². The van der Waals surface area contributed by atoms with Crippen molar-refractivity contribution in [2.45, 2.75) is 25.3 Å². The fraction of sp³-hybridized carbons (Fsp3) is 0.571. The monoisotopic (exact) mass is 312 g/mol. The van der Waals surface area contributed by atoms with Crippen molar-refractivity contribution in [1.29, 1.82) is 0 Å². The maximum absolute atomic E-state index is 6.30. The van der Waals surface area contributed by atoms with E-state index in [4.69, 9.17) is 10.5 Å². The van der Waals surface area contributed by atoms with Gasteiger partial charge in [-0.1, -0.05) is 6.07 Å². The van der Waals surface area contributed by atoms with Crippen LogP contribution in [0.5, 0.6) is 5.75 Å². The summed E-state index contributed by atoms with van der Waals surface area (Å²) < 4.78 is 6.20. The number of nitrogens with two attached hydrogens (primary N) is 1. The van der Waals surface area contributed by atoms with Gasteiger partial charge in [-0.25, -0.2) is 0 Å². The summed E-state index contributed by atoms with van der Waals surface area (Å²) in [7, 11) is 1.67. The molecule has 18 heavy (non-hydrogen) atoms. The molecule has 1 aromatic rings.